The van der Waals surface area contributed by atoms with Crippen molar-refractivity contribution in [2.45, 2.75) is 33.1 Å². The number of hydrogen-bond acceptors (Lipinski definition) is 2. The van der Waals surface area contributed by atoms with Crippen molar-refractivity contribution < 1.29 is 4.79 Å². The molecule has 0 aliphatic heterocycles. The second-order valence-corrected chi connectivity index (χ2v) is 6.32. The summed E-state index contributed by atoms with van der Waals surface area (Å²) in [6.45, 7) is 4.67. The van der Waals surface area contributed by atoms with Crippen LogP contribution in [-0.2, 0) is 4.79 Å². The predicted octanol–water partition coefficient (Wildman–Crippen LogP) is 3.38. The fraction of sp³-hybridized carbons (Fsp3) is 0.533. The zero-order chi connectivity index (χ0) is 14.0. The molecule has 0 aromatic heterocycles. The Labute approximate surface area is 123 Å². The standard InChI is InChI=1S/C15H21BrN2O/c1-9-6-10(2)14(13(16)7-9)18-15(19)12-5-3-4-11(12)8-17/h6-7,11-12H,3-5,8,17H2,1-2H3,(H,18,19). The van der Waals surface area contributed by atoms with Gasteiger partial charge in [-0.25, -0.2) is 0 Å². The molecule has 1 aliphatic carbocycles. The van der Waals surface area contributed by atoms with Gasteiger partial charge in [-0.2, -0.15) is 0 Å². The van der Waals surface area contributed by atoms with E-state index < -0.39 is 0 Å². The lowest BCUT2D eigenvalue weighted by Crippen LogP contribution is -2.30. The Balaban J connectivity index is 2.15. The average Bonchev–Trinajstić information content (AvgIpc) is 2.81. The van der Waals surface area contributed by atoms with E-state index in [1.807, 2.05) is 19.9 Å². The van der Waals surface area contributed by atoms with E-state index in [0.29, 0.717) is 12.5 Å². The van der Waals surface area contributed by atoms with E-state index in [-0.39, 0.29) is 11.8 Å². The van der Waals surface area contributed by atoms with Gasteiger partial charge >= 0.3 is 0 Å². The van der Waals surface area contributed by atoms with Crippen LogP contribution in [0.1, 0.15) is 30.4 Å². The Morgan fingerprint density at radius 2 is 2.16 bits per heavy atom. The Morgan fingerprint density at radius 3 is 2.79 bits per heavy atom. The summed E-state index contributed by atoms with van der Waals surface area (Å²) >= 11 is 3.53. The van der Waals surface area contributed by atoms with Gasteiger partial charge in [-0.1, -0.05) is 12.5 Å². The van der Waals surface area contributed by atoms with Crippen LogP contribution < -0.4 is 11.1 Å². The predicted molar refractivity (Wildman–Crippen MR) is 82.1 cm³/mol. The van der Waals surface area contributed by atoms with Crippen LogP contribution in [0, 0.1) is 25.7 Å². The summed E-state index contributed by atoms with van der Waals surface area (Å²) < 4.78 is 0.945. The highest BCUT2D eigenvalue weighted by Crippen LogP contribution is 2.34. The number of amides is 1. The first kappa shape index (κ1) is 14.5. The SMILES string of the molecule is Cc1cc(C)c(NC(=O)C2CCCC2CN)c(Br)c1. The van der Waals surface area contributed by atoms with Gasteiger partial charge in [0.2, 0.25) is 5.91 Å². The Hall–Kier alpha value is -0.870. The maximum absolute atomic E-state index is 12.4. The van der Waals surface area contributed by atoms with Crippen molar-refractivity contribution in [2.24, 2.45) is 17.6 Å². The number of nitrogens with two attached hydrogens (primary N) is 1. The van der Waals surface area contributed by atoms with Crippen LogP contribution in [-0.4, -0.2) is 12.5 Å². The van der Waals surface area contributed by atoms with Crippen molar-refractivity contribution in [3.8, 4) is 0 Å². The van der Waals surface area contributed by atoms with E-state index in [0.717, 1.165) is 35.0 Å². The highest BCUT2D eigenvalue weighted by atomic mass is 79.9. The third-order valence-corrected chi connectivity index (χ3v) is 4.60. The number of carbonyl (C=O) groups is 1. The number of hydrogen-bond donors (Lipinski definition) is 2. The third kappa shape index (κ3) is 3.18. The molecule has 2 atom stereocenters. The van der Waals surface area contributed by atoms with Crippen LogP contribution in [0.3, 0.4) is 0 Å². The maximum Gasteiger partial charge on any atom is 0.227 e. The summed E-state index contributed by atoms with van der Waals surface area (Å²) in [5.74, 6) is 0.516. The van der Waals surface area contributed by atoms with Gasteiger partial charge in [-0.15, -0.1) is 0 Å². The average molecular weight is 325 g/mol. The zero-order valence-corrected chi connectivity index (χ0v) is 13.1. The molecule has 1 aromatic carbocycles. The fourth-order valence-electron chi connectivity index (χ4n) is 2.95. The normalized spacial score (nSPS) is 22.5. The van der Waals surface area contributed by atoms with Crippen molar-refractivity contribution in [3.63, 3.8) is 0 Å². The molecule has 19 heavy (non-hydrogen) atoms. The van der Waals surface area contributed by atoms with E-state index in [2.05, 4.69) is 27.3 Å². The van der Waals surface area contributed by atoms with Gasteiger partial charge in [0.05, 0.1) is 5.69 Å². The largest absolute Gasteiger partial charge is 0.330 e. The van der Waals surface area contributed by atoms with E-state index in [9.17, 15) is 4.79 Å². The van der Waals surface area contributed by atoms with Crippen molar-refractivity contribution in [3.05, 3.63) is 27.7 Å². The summed E-state index contributed by atoms with van der Waals surface area (Å²) in [6.07, 6.45) is 3.13. The molecular weight excluding hydrogens is 304 g/mol. The van der Waals surface area contributed by atoms with Crippen LogP contribution in [0.15, 0.2) is 16.6 Å². The molecule has 3 nitrogen and oxygen atoms in total. The van der Waals surface area contributed by atoms with Gasteiger partial charge in [-0.05, 0) is 72.3 Å². The maximum atomic E-state index is 12.4. The number of carbonyl (C=O) groups excluding carboxylic acids is 1. The van der Waals surface area contributed by atoms with Gasteiger partial charge in [0.15, 0.2) is 0 Å². The minimum absolute atomic E-state index is 0.0672. The summed E-state index contributed by atoms with van der Waals surface area (Å²) in [4.78, 5) is 12.4. The van der Waals surface area contributed by atoms with Gasteiger partial charge in [0, 0.05) is 10.4 Å². The van der Waals surface area contributed by atoms with Crippen molar-refractivity contribution in [2.75, 3.05) is 11.9 Å². The molecule has 0 saturated heterocycles. The van der Waals surface area contributed by atoms with Crippen LogP contribution in [0.4, 0.5) is 5.69 Å². The van der Waals surface area contributed by atoms with Crippen LogP contribution in [0.5, 0.6) is 0 Å². The van der Waals surface area contributed by atoms with Crippen molar-refractivity contribution >= 4 is 27.5 Å². The fourth-order valence-corrected chi connectivity index (χ4v) is 3.73. The molecule has 2 unspecified atom stereocenters. The monoisotopic (exact) mass is 324 g/mol. The number of aryl methyl sites for hydroxylation is 2. The van der Waals surface area contributed by atoms with Gasteiger partial charge in [-0.3, -0.25) is 4.79 Å². The lowest BCUT2D eigenvalue weighted by atomic mass is 9.95. The summed E-state index contributed by atoms with van der Waals surface area (Å²) in [5, 5.41) is 3.07. The van der Waals surface area contributed by atoms with Crippen LogP contribution >= 0.6 is 15.9 Å². The minimum Gasteiger partial charge on any atom is -0.330 e. The van der Waals surface area contributed by atoms with Crippen molar-refractivity contribution in [1.82, 2.24) is 0 Å². The molecule has 0 spiro atoms. The lowest BCUT2D eigenvalue weighted by molar-refractivity contribution is -0.120. The highest BCUT2D eigenvalue weighted by Gasteiger charge is 2.32. The third-order valence-electron chi connectivity index (χ3n) is 3.98. The number of nitrogens with one attached hydrogen (secondary N) is 1. The topological polar surface area (TPSA) is 55.1 Å². The first-order valence-corrected chi connectivity index (χ1v) is 7.60. The molecule has 0 radical (unpaired) electrons. The molecule has 4 heteroatoms. The highest BCUT2D eigenvalue weighted by molar-refractivity contribution is 9.10. The molecule has 2 rings (SSSR count). The lowest BCUT2D eigenvalue weighted by Gasteiger charge is -2.19. The summed E-state index contributed by atoms with van der Waals surface area (Å²) in [7, 11) is 0. The molecule has 1 aliphatic rings. The molecule has 0 bridgehead atoms. The quantitative estimate of drug-likeness (QED) is 0.895. The second kappa shape index (κ2) is 6.06. The molecular formula is C15H21BrN2O. The molecule has 1 aromatic rings. The van der Waals surface area contributed by atoms with Gasteiger partial charge in [0.25, 0.3) is 0 Å². The molecule has 0 heterocycles. The molecule has 1 fully saturated rings. The zero-order valence-electron chi connectivity index (χ0n) is 11.5. The summed E-state index contributed by atoms with van der Waals surface area (Å²) in [5.41, 5.74) is 8.90. The van der Waals surface area contributed by atoms with Gasteiger partial charge in [0.1, 0.15) is 0 Å². The Kier molecular flexibility index (Phi) is 4.63. The first-order chi connectivity index (χ1) is 9.02. The molecule has 3 N–H and O–H groups in total. The molecule has 104 valence electrons. The minimum atomic E-state index is 0.0672. The van der Waals surface area contributed by atoms with E-state index in [1.165, 1.54) is 5.56 Å². The molecule has 1 saturated carbocycles. The number of benzene rings is 1. The second-order valence-electron chi connectivity index (χ2n) is 5.46. The Morgan fingerprint density at radius 1 is 1.42 bits per heavy atom. The van der Waals surface area contributed by atoms with Gasteiger partial charge < -0.3 is 11.1 Å². The van der Waals surface area contributed by atoms with E-state index in [1.54, 1.807) is 0 Å². The number of rotatable bonds is 3. The van der Waals surface area contributed by atoms with Crippen LogP contribution in [0.25, 0.3) is 0 Å². The Bertz CT molecular complexity index is 464. The number of anilines is 1. The summed E-state index contributed by atoms with van der Waals surface area (Å²) in [6, 6.07) is 4.10. The van der Waals surface area contributed by atoms with Crippen molar-refractivity contribution in [1.29, 1.82) is 0 Å². The smallest absolute Gasteiger partial charge is 0.227 e. The van der Waals surface area contributed by atoms with E-state index in [4.69, 9.17) is 5.73 Å². The van der Waals surface area contributed by atoms with E-state index >= 15 is 0 Å². The first-order valence-electron chi connectivity index (χ1n) is 6.80. The van der Waals surface area contributed by atoms with Crippen LogP contribution in [0.2, 0.25) is 0 Å². The number of halogens is 1. The molecule has 1 amide bonds.